The minimum absolute atomic E-state index is 0.595. The van der Waals surface area contributed by atoms with Crippen LogP contribution in [0.25, 0.3) is 0 Å². The van der Waals surface area contributed by atoms with Crippen LogP contribution >= 0.6 is 11.6 Å². The molecule has 0 bridgehead atoms. The highest BCUT2D eigenvalue weighted by Gasteiger charge is 2.00. The fraction of sp³-hybridized carbons (Fsp3) is 0.167. The van der Waals surface area contributed by atoms with Gasteiger partial charge in [0.05, 0.1) is 24.0 Å². The van der Waals surface area contributed by atoms with Crippen LogP contribution in [-0.4, -0.2) is 17.1 Å². The molecule has 0 fully saturated rings. The highest BCUT2D eigenvalue weighted by molar-refractivity contribution is 6.31. The number of hydrogen-bond acceptors (Lipinski definition) is 4. The molecule has 88 valence electrons. The zero-order valence-corrected chi connectivity index (χ0v) is 10.1. The summed E-state index contributed by atoms with van der Waals surface area (Å²) in [5.41, 5.74) is 1.91. The zero-order chi connectivity index (χ0) is 12.1. The number of halogens is 1. The van der Waals surface area contributed by atoms with Gasteiger partial charge in [0.2, 0.25) is 5.88 Å². The molecule has 0 aromatic carbocycles. The topological polar surface area (TPSA) is 47.0 Å². The van der Waals surface area contributed by atoms with Gasteiger partial charge in [-0.1, -0.05) is 11.6 Å². The monoisotopic (exact) mass is 249 g/mol. The van der Waals surface area contributed by atoms with E-state index in [1.54, 1.807) is 31.8 Å². The van der Waals surface area contributed by atoms with Gasteiger partial charge >= 0.3 is 0 Å². The molecule has 0 aliphatic carbocycles. The lowest BCUT2D eigenvalue weighted by Gasteiger charge is -2.07. The van der Waals surface area contributed by atoms with Gasteiger partial charge in [0.1, 0.15) is 0 Å². The van der Waals surface area contributed by atoms with Crippen LogP contribution in [0.2, 0.25) is 5.02 Å². The average Bonchev–Trinajstić information content (AvgIpc) is 2.38. The molecule has 2 heterocycles. The second-order valence-corrected chi connectivity index (χ2v) is 3.82. The number of anilines is 1. The van der Waals surface area contributed by atoms with E-state index in [1.165, 1.54) is 0 Å². The molecule has 0 amide bonds. The Morgan fingerprint density at radius 1 is 1.29 bits per heavy atom. The molecule has 2 aromatic rings. The number of pyridine rings is 2. The third kappa shape index (κ3) is 3.07. The van der Waals surface area contributed by atoms with E-state index in [2.05, 4.69) is 15.3 Å². The molecule has 17 heavy (non-hydrogen) atoms. The summed E-state index contributed by atoms with van der Waals surface area (Å²) in [7, 11) is 1.59. The molecule has 0 aliphatic heterocycles. The molecule has 2 aromatic heterocycles. The first-order valence-electron chi connectivity index (χ1n) is 5.12. The van der Waals surface area contributed by atoms with Crippen LogP contribution in [0, 0.1) is 0 Å². The molecule has 4 nitrogen and oxygen atoms in total. The number of nitrogens with one attached hydrogen (secondary N) is 1. The van der Waals surface area contributed by atoms with Crippen LogP contribution in [0.1, 0.15) is 5.56 Å². The largest absolute Gasteiger partial charge is 0.481 e. The Balaban J connectivity index is 2.00. The van der Waals surface area contributed by atoms with E-state index in [-0.39, 0.29) is 0 Å². The third-order valence-corrected chi connectivity index (χ3v) is 2.63. The summed E-state index contributed by atoms with van der Waals surface area (Å²) in [6, 6.07) is 5.59. The van der Waals surface area contributed by atoms with Crippen LogP contribution in [-0.2, 0) is 6.54 Å². The van der Waals surface area contributed by atoms with E-state index in [0.29, 0.717) is 17.4 Å². The Morgan fingerprint density at radius 3 is 2.82 bits per heavy atom. The predicted molar refractivity (Wildman–Crippen MR) is 67.4 cm³/mol. The summed E-state index contributed by atoms with van der Waals surface area (Å²) in [6.07, 6.45) is 5.06. The number of methoxy groups -OCH3 is 1. The predicted octanol–water partition coefficient (Wildman–Crippen LogP) is 2.75. The van der Waals surface area contributed by atoms with Gasteiger partial charge in [-0.05, 0) is 17.7 Å². The molecule has 0 atom stereocenters. The quantitative estimate of drug-likeness (QED) is 0.905. The first kappa shape index (κ1) is 11.7. The Hall–Kier alpha value is -1.81. The molecule has 0 spiro atoms. The summed E-state index contributed by atoms with van der Waals surface area (Å²) in [6.45, 7) is 0.634. The molecule has 0 saturated heterocycles. The Bertz CT molecular complexity index is 487. The lowest BCUT2D eigenvalue weighted by molar-refractivity contribution is 0.398. The normalized spacial score (nSPS) is 10.0. The number of rotatable bonds is 4. The second kappa shape index (κ2) is 5.50. The second-order valence-electron chi connectivity index (χ2n) is 3.41. The molecule has 0 unspecified atom stereocenters. The SMILES string of the molecule is COc1ccc(NCc2ccncc2Cl)cn1. The Labute approximate surface area is 105 Å². The van der Waals surface area contributed by atoms with Crippen molar-refractivity contribution in [3.8, 4) is 5.88 Å². The molecule has 0 saturated carbocycles. The molecule has 2 rings (SSSR count). The van der Waals surface area contributed by atoms with E-state index in [0.717, 1.165) is 11.3 Å². The summed E-state index contributed by atoms with van der Waals surface area (Å²) in [5, 5.41) is 3.88. The van der Waals surface area contributed by atoms with Gasteiger partial charge in [-0.25, -0.2) is 4.98 Å². The van der Waals surface area contributed by atoms with Crippen LogP contribution < -0.4 is 10.1 Å². The summed E-state index contributed by atoms with van der Waals surface area (Å²) >= 11 is 6.00. The van der Waals surface area contributed by atoms with E-state index in [4.69, 9.17) is 16.3 Å². The highest BCUT2D eigenvalue weighted by Crippen LogP contribution is 2.16. The lowest BCUT2D eigenvalue weighted by Crippen LogP contribution is -2.00. The number of aromatic nitrogens is 2. The molecule has 5 heteroatoms. The number of hydrogen-bond donors (Lipinski definition) is 1. The number of ether oxygens (including phenoxy) is 1. The minimum Gasteiger partial charge on any atom is -0.481 e. The lowest BCUT2D eigenvalue weighted by atomic mass is 10.2. The van der Waals surface area contributed by atoms with Crippen molar-refractivity contribution in [3.05, 3.63) is 47.4 Å². The molecular weight excluding hydrogens is 238 g/mol. The van der Waals surface area contributed by atoms with Crippen molar-refractivity contribution >= 4 is 17.3 Å². The molecule has 0 aliphatic rings. The number of nitrogens with zero attached hydrogens (tertiary/aromatic N) is 2. The Morgan fingerprint density at radius 2 is 2.18 bits per heavy atom. The van der Waals surface area contributed by atoms with Crippen molar-refractivity contribution in [2.45, 2.75) is 6.54 Å². The van der Waals surface area contributed by atoms with Crippen LogP contribution in [0.3, 0.4) is 0 Å². The van der Waals surface area contributed by atoms with Crippen molar-refractivity contribution in [2.24, 2.45) is 0 Å². The van der Waals surface area contributed by atoms with Crippen LogP contribution in [0.15, 0.2) is 36.8 Å². The van der Waals surface area contributed by atoms with Gasteiger partial charge < -0.3 is 10.1 Å². The maximum Gasteiger partial charge on any atom is 0.213 e. The smallest absolute Gasteiger partial charge is 0.213 e. The van der Waals surface area contributed by atoms with Crippen molar-refractivity contribution in [3.63, 3.8) is 0 Å². The standard InChI is InChI=1S/C12H12ClN3O/c1-17-12-3-2-10(7-16-12)15-6-9-4-5-14-8-11(9)13/h2-5,7-8,15H,6H2,1H3. The van der Waals surface area contributed by atoms with Crippen molar-refractivity contribution in [1.82, 2.24) is 9.97 Å². The third-order valence-electron chi connectivity index (χ3n) is 2.28. The summed E-state index contributed by atoms with van der Waals surface area (Å²) < 4.78 is 4.98. The fourth-order valence-electron chi connectivity index (χ4n) is 1.35. The van der Waals surface area contributed by atoms with E-state index >= 15 is 0 Å². The van der Waals surface area contributed by atoms with Gasteiger partial charge in [-0.15, -0.1) is 0 Å². The molecular formula is C12H12ClN3O. The van der Waals surface area contributed by atoms with Crippen molar-refractivity contribution < 1.29 is 4.74 Å². The van der Waals surface area contributed by atoms with E-state index in [9.17, 15) is 0 Å². The fourth-order valence-corrected chi connectivity index (χ4v) is 1.54. The maximum atomic E-state index is 6.00. The van der Waals surface area contributed by atoms with Gasteiger partial charge in [0.15, 0.2) is 0 Å². The van der Waals surface area contributed by atoms with Gasteiger partial charge in [0.25, 0.3) is 0 Å². The molecule has 0 radical (unpaired) electrons. The minimum atomic E-state index is 0.595. The van der Waals surface area contributed by atoms with Crippen LogP contribution in [0.4, 0.5) is 5.69 Å². The van der Waals surface area contributed by atoms with Crippen LogP contribution in [0.5, 0.6) is 5.88 Å². The molecule has 1 N–H and O–H groups in total. The first-order valence-corrected chi connectivity index (χ1v) is 5.49. The average molecular weight is 250 g/mol. The van der Waals surface area contributed by atoms with Gasteiger partial charge in [0, 0.05) is 25.0 Å². The van der Waals surface area contributed by atoms with E-state index < -0.39 is 0 Å². The van der Waals surface area contributed by atoms with Crippen molar-refractivity contribution in [2.75, 3.05) is 12.4 Å². The first-order chi connectivity index (χ1) is 8.29. The van der Waals surface area contributed by atoms with Gasteiger partial charge in [-0.2, -0.15) is 0 Å². The highest BCUT2D eigenvalue weighted by atomic mass is 35.5. The summed E-state index contributed by atoms with van der Waals surface area (Å²) in [5.74, 6) is 0.595. The Kier molecular flexibility index (Phi) is 3.77. The van der Waals surface area contributed by atoms with Crippen molar-refractivity contribution in [1.29, 1.82) is 0 Å². The van der Waals surface area contributed by atoms with E-state index in [1.807, 2.05) is 12.1 Å². The summed E-state index contributed by atoms with van der Waals surface area (Å²) in [4.78, 5) is 8.04. The maximum absolute atomic E-state index is 6.00. The zero-order valence-electron chi connectivity index (χ0n) is 9.35. The van der Waals surface area contributed by atoms with Gasteiger partial charge in [-0.3, -0.25) is 4.98 Å².